The molecule has 0 saturated heterocycles. The van der Waals surface area contributed by atoms with E-state index in [9.17, 15) is 4.79 Å². The molecule has 7 nitrogen and oxygen atoms in total. The van der Waals surface area contributed by atoms with Crippen LogP contribution in [0, 0.1) is 0 Å². The first-order valence-corrected chi connectivity index (χ1v) is 8.58. The molecule has 9 heteroatoms. The average molecular weight is 438 g/mol. The second-order valence-electron chi connectivity index (χ2n) is 5.15. The van der Waals surface area contributed by atoms with Gasteiger partial charge in [-0.05, 0) is 46.3 Å². The Labute approximate surface area is 163 Å². The fourth-order valence-electron chi connectivity index (χ4n) is 2.34. The predicted molar refractivity (Wildman–Crippen MR) is 102 cm³/mol. The number of methoxy groups -OCH3 is 2. The normalized spacial score (nSPS) is 10.5. The van der Waals surface area contributed by atoms with E-state index in [4.69, 9.17) is 21.1 Å². The van der Waals surface area contributed by atoms with Gasteiger partial charge in [0.25, 0.3) is 5.91 Å². The van der Waals surface area contributed by atoms with Crippen molar-refractivity contribution in [3.63, 3.8) is 0 Å². The molecule has 0 aliphatic heterocycles. The molecule has 0 radical (unpaired) electrons. The monoisotopic (exact) mass is 436 g/mol. The molecule has 1 amide bonds. The van der Waals surface area contributed by atoms with Gasteiger partial charge in [0.15, 0.2) is 0 Å². The molecular weight excluding hydrogens is 424 g/mol. The topological polar surface area (TPSA) is 78.3 Å². The van der Waals surface area contributed by atoms with Crippen molar-refractivity contribution in [2.45, 2.75) is 0 Å². The molecule has 0 unspecified atom stereocenters. The summed E-state index contributed by atoms with van der Waals surface area (Å²) in [6, 6.07) is 8.32. The summed E-state index contributed by atoms with van der Waals surface area (Å²) in [6.07, 6.45) is 2.94. The van der Waals surface area contributed by atoms with Crippen molar-refractivity contribution in [2.24, 2.45) is 0 Å². The first-order chi connectivity index (χ1) is 12.5. The Bertz CT molecular complexity index is 922. The smallest absolute Gasteiger partial charge is 0.255 e. The quantitative estimate of drug-likeness (QED) is 0.654. The zero-order valence-electron chi connectivity index (χ0n) is 13.9. The number of carbonyl (C=O) groups excluding carboxylic acids is 1. The molecule has 1 heterocycles. The van der Waals surface area contributed by atoms with E-state index in [2.05, 4.69) is 31.3 Å². The van der Waals surface area contributed by atoms with Gasteiger partial charge in [-0.25, -0.2) is 9.67 Å². The van der Waals surface area contributed by atoms with Gasteiger partial charge in [0.05, 0.1) is 25.6 Å². The summed E-state index contributed by atoms with van der Waals surface area (Å²) in [5.74, 6) is 0.618. The molecule has 0 aliphatic rings. The van der Waals surface area contributed by atoms with Crippen LogP contribution in [0.1, 0.15) is 10.4 Å². The minimum atomic E-state index is -0.349. The molecule has 0 bridgehead atoms. The highest BCUT2D eigenvalue weighted by Gasteiger charge is 2.16. The Balaban J connectivity index is 1.98. The number of hydrogen-bond acceptors (Lipinski definition) is 5. The fraction of sp³-hybridized carbons (Fsp3) is 0.118. The lowest BCUT2D eigenvalue weighted by atomic mass is 10.1. The zero-order chi connectivity index (χ0) is 18.7. The number of rotatable bonds is 5. The van der Waals surface area contributed by atoms with E-state index in [0.717, 1.165) is 0 Å². The Morgan fingerprint density at radius 2 is 1.88 bits per heavy atom. The molecule has 3 aromatic rings. The fourth-order valence-corrected chi connectivity index (χ4v) is 3.06. The minimum Gasteiger partial charge on any atom is -0.495 e. The van der Waals surface area contributed by atoms with E-state index in [-0.39, 0.29) is 5.91 Å². The molecule has 0 atom stereocenters. The van der Waals surface area contributed by atoms with Gasteiger partial charge < -0.3 is 14.8 Å². The second-order valence-corrected chi connectivity index (χ2v) is 6.38. The Kier molecular flexibility index (Phi) is 5.43. The van der Waals surface area contributed by atoms with Gasteiger partial charge in [0.1, 0.15) is 28.6 Å². The van der Waals surface area contributed by atoms with Crippen molar-refractivity contribution in [1.29, 1.82) is 0 Å². The van der Waals surface area contributed by atoms with Crippen molar-refractivity contribution in [3.05, 3.63) is 58.0 Å². The van der Waals surface area contributed by atoms with Gasteiger partial charge in [0, 0.05) is 10.6 Å². The van der Waals surface area contributed by atoms with Crippen LogP contribution in [0.25, 0.3) is 5.69 Å². The van der Waals surface area contributed by atoms with E-state index in [1.165, 1.54) is 31.6 Å². The maximum Gasteiger partial charge on any atom is 0.255 e. The predicted octanol–water partition coefficient (Wildman–Crippen LogP) is 3.95. The number of anilines is 1. The van der Waals surface area contributed by atoms with Crippen LogP contribution in [-0.2, 0) is 0 Å². The first-order valence-electron chi connectivity index (χ1n) is 7.41. The number of halogens is 2. The van der Waals surface area contributed by atoms with Crippen LogP contribution in [0.15, 0.2) is 47.5 Å². The summed E-state index contributed by atoms with van der Waals surface area (Å²) in [7, 11) is 3.03. The number of nitrogens with one attached hydrogen (secondary N) is 1. The van der Waals surface area contributed by atoms with Gasteiger partial charge in [-0.2, -0.15) is 5.10 Å². The number of hydrogen-bond donors (Lipinski definition) is 1. The molecule has 0 fully saturated rings. The van der Waals surface area contributed by atoms with Crippen LogP contribution >= 0.6 is 27.5 Å². The summed E-state index contributed by atoms with van der Waals surface area (Å²) in [5.41, 5.74) is 1.50. The first kappa shape index (κ1) is 18.2. The lowest BCUT2D eigenvalue weighted by Crippen LogP contribution is -2.14. The third-order valence-corrected chi connectivity index (χ3v) is 4.60. The van der Waals surface area contributed by atoms with Gasteiger partial charge in [-0.3, -0.25) is 4.79 Å². The Morgan fingerprint density at radius 3 is 2.46 bits per heavy atom. The summed E-state index contributed by atoms with van der Waals surface area (Å²) in [4.78, 5) is 16.7. The molecule has 1 N–H and O–H groups in total. The van der Waals surface area contributed by atoms with E-state index < -0.39 is 0 Å². The van der Waals surface area contributed by atoms with Crippen LogP contribution in [0.2, 0.25) is 5.02 Å². The number of aromatic nitrogens is 3. The van der Waals surface area contributed by atoms with Crippen LogP contribution in [0.4, 0.5) is 5.69 Å². The van der Waals surface area contributed by atoms with Crippen molar-refractivity contribution >= 4 is 39.1 Å². The lowest BCUT2D eigenvalue weighted by molar-refractivity contribution is 0.102. The van der Waals surface area contributed by atoms with Gasteiger partial charge >= 0.3 is 0 Å². The Morgan fingerprint density at radius 1 is 1.19 bits per heavy atom. The van der Waals surface area contributed by atoms with Crippen molar-refractivity contribution in [2.75, 3.05) is 19.5 Å². The lowest BCUT2D eigenvalue weighted by Gasteiger charge is -2.14. The standard InChI is InChI=1S/C17H14BrClN4O3/c1-25-14-5-10(6-15(26-2)16(14)18)17(24)22-12-7-11(19)3-4-13(12)23-9-20-8-21-23/h3-9H,1-2H3,(H,22,24). The van der Waals surface area contributed by atoms with Gasteiger partial charge in [-0.1, -0.05) is 11.6 Å². The number of ether oxygens (including phenoxy) is 2. The van der Waals surface area contributed by atoms with Crippen LogP contribution in [0.3, 0.4) is 0 Å². The van der Waals surface area contributed by atoms with E-state index >= 15 is 0 Å². The maximum absolute atomic E-state index is 12.8. The number of nitrogens with zero attached hydrogens (tertiary/aromatic N) is 3. The molecule has 0 spiro atoms. The third kappa shape index (κ3) is 3.66. The molecule has 0 saturated carbocycles. The number of carbonyl (C=O) groups is 1. The molecule has 2 aromatic carbocycles. The van der Waals surface area contributed by atoms with Crippen molar-refractivity contribution in [1.82, 2.24) is 14.8 Å². The molecule has 3 rings (SSSR count). The summed E-state index contributed by atoms with van der Waals surface area (Å²) >= 11 is 9.46. The largest absolute Gasteiger partial charge is 0.495 e. The molecular formula is C17H14BrClN4O3. The van der Waals surface area contributed by atoms with E-state index in [1.807, 2.05) is 0 Å². The van der Waals surface area contributed by atoms with Gasteiger partial charge in [0.2, 0.25) is 0 Å². The number of amides is 1. The van der Waals surface area contributed by atoms with E-state index in [1.54, 1.807) is 30.3 Å². The third-order valence-electron chi connectivity index (χ3n) is 3.58. The molecule has 0 aliphatic carbocycles. The summed E-state index contributed by atoms with van der Waals surface area (Å²) in [6.45, 7) is 0. The summed E-state index contributed by atoms with van der Waals surface area (Å²) < 4.78 is 12.7. The maximum atomic E-state index is 12.8. The Hall–Kier alpha value is -2.58. The van der Waals surface area contributed by atoms with Crippen molar-refractivity contribution in [3.8, 4) is 17.2 Å². The molecule has 1 aromatic heterocycles. The summed E-state index contributed by atoms with van der Waals surface area (Å²) in [5, 5.41) is 7.41. The number of benzene rings is 2. The molecule has 26 heavy (non-hydrogen) atoms. The highest BCUT2D eigenvalue weighted by atomic mass is 79.9. The minimum absolute atomic E-state index is 0.349. The highest BCUT2D eigenvalue weighted by Crippen LogP contribution is 2.36. The van der Waals surface area contributed by atoms with Crippen molar-refractivity contribution < 1.29 is 14.3 Å². The van der Waals surface area contributed by atoms with Crippen LogP contribution in [0.5, 0.6) is 11.5 Å². The van der Waals surface area contributed by atoms with E-state index in [0.29, 0.717) is 37.9 Å². The highest BCUT2D eigenvalue weighted by molar-refractivity contribution is 9.10. The van der Waals surface area contributed by atoms with Crippen LogP contribution < -0.4 is 14.8 Å². The SMILES string of the molecule is COc1cc(C(=O)Nc2cc(Cl)ccc2-n2cncn2)cc(OC)c1Br. The zero-order valence-corrected chi connectivity index (χ0v) is 16.2. The second kappa shape index (κ2) is 7.76. The molecule has 134 valence electrons. The van der Waals surface area contributed by atoms with Crippen LogP contribution in [-0.4, -0.2) is 34.9 Å². The average Bonchev–Trinajstić information content (AvgIpc) is 3.16. The van der Waals surface area contributed by atoms with Gasteiger partial charge in [-0.15, -0.1) is 0 Å².